The number of nitrogens with zero attached hydrogens (tertiary/aromatic N) is 2. The first-order valence-corrected chi connectivity index (χ1v) is 9.18. The topological polar surface area (TPSA) is 59.5 Å². The van der Waals surface area contributed by atoms with E-state index in [-0.39, 0.29) is 11.2 Å². The number of hydrogen-bond donors (Lipinski definition) is 0. The van der Waals surface area contributed by atoms with Gasteiger partial charge in [0.05, 0.1) is 12.4 Å². The monoisotopic (exact) mass is 310 g/mol. The smallest absolute Gasteiger partial charge is 0.213 e. The molecule has 0 N–H and O–H groups in total. The van der Waals surface area contributed by atoms with Crippen LogP contribution in [0.25, 0.3) is 0 Å². The summed E-state index contributed by atoms with van der Waals surface area (Å²) in [6.07, 6.45) is 5.01. The van der Waals surface area contributed by atoms with Crippen LogP contribution in [0, 0.1) is 11.3 Å². The summed E-state index contributed by atoms with van der Waals surface area (Å²) in [7, 11) is -3.10. The molecule has 21 heavy (non-hydrogen) atoms. The molecule has 116 valence electrons. The first-order valence-electron chi connectivity index (χ1n) is 7.57. The maximum Gasteiger partial charge on any atom is 0.213 e. The van der Waals surface area contributed by atoms with Gasteiger partial charge in [-0.2, -0.15) is 0 Å². The van der Waals surface area contributed by atoms with Crippen molar-refractivity contribution in [3.8, 4) is 5.88 Å². The van der Waals surface area contributed by atoms with Crippen LogP contribution in [-0.4, -0.2) is 43.2 Å². The first kappa shape index (κ1) is 14.8. The van der Waals surface area contributed by atoms with Crippen molar-refractivity contribution in [1.82, 2.24) is 9.29 Å². The number of aromatic nitrogens is 1. The fraction of sp³-hybridized carbons (Fsp3) is 0.667. The van der Waals surface area contributed by atoms with Crippen LogP contribution in [0.4, 0.5) is 0 Å². The normalized spacial score (nSPS) is 29.5. The van der Waals surface area contributed by atoms with Crippen molar-refractivity contribution in [2.45, 2.75) is 26.2 Å². The number of ether oxygens (including phenoxy) is 1. The predicted molar refractivity (Wildman–Crippen MR) is 80.5 cm³/mol. The molecule has 1 saturated carbocycles. The molecule has 1 aromatic heterocycles. The van der Waals surface area contributed by atoms with E-state index in [9.17, 15) is 8.42 Å². The van der Waals surface area contributed by atoms with E-state index >= 15 is 0 Å². The molecule has 6 heteroatoms. The highest BCUT2D eigenvalue weighted by Crippen LogP contribution is 2.49. The summed E-state index contributed by atoms with van der Waals surface area (Å²) < 4.78 is 31.8. The van der Waals surface area contributed by atoms with Crippen LogP contribution in [0.5, 0.6) is 5.88 Å². The molecule has 0 amide bonds. The van der Waals surface area contributed by atoms with E-state index < -0.39 is 10.0 Å². The number of fused-ring (bicyclic) bond motifs is 1. The number of hydrogen-bond acceptors (Lipinski definition) is 4. The second kappa shape index (κ2) is 5.57. The van der Waals surface area contributed by atoms with Gasteiger partial charge in [-0.1, -0.05) is 12.5 Å². The molecular weight excluding hydrogens is 288 g/mol. The summed E-state index contributed by atoms with van der Waals surface area (Å²) in [5.41, 5.74) is -0.0280. The molecule has 1 aromatic rings. The minimum absolute atomic E-state index is 0.0280. The van der Waals surface area contributed by atoms with Crippen molar-refractivity contribution in [1.29, 1.82) is 0 Å². The third-order valence-electron chi connectivity index (χ3n) is 4.91. The predicted octanol–water partition coefficient (Wildman–Crippen LogP) is 1.91. The maximum absolute atomic E-state index is 12.1. The van der Waals surface area contributed by atoms with Gasteiger partial charge in [0.25, 0.3) is 0 Å². The molecule has 0 spiro atoms. The lowest BCUT2D eigenvalue weighted by molar-refractivity contribution is 0.130. The third-order valence-corrected chi connectivity index (χ3v) is 6.71. The number of sulfonamides is 1. The van der Waals surface area contributed by atoms with Gasteiger partial charge in [-0.05, 0) is 31.7 Å². The lowest BCUT2D eigenvalue weighted by Gasteiger charge is -2.28. The van der Waals surface area contributed by atoms with E-state index in [1.807, 2.05) is 18.2 Å². The summed E-state index contributed by atoms with van der Waals surface area (Å²) in [4.78, 5) is 4.18. The SMILES string of the molecule is CCS(=O)(=O)N1C[C@H]2CCC[C@@]2(COc2ccccn2)C1. The van der Waals surface area contributed by atoms with Gasteiger partial charge >= 0.3 is 0 Å². The van der Waals surface area contributed by atoms with Crippen LogP contribution in [-0.2, 0) is 10.0 Å². The second-order valence-corrected chi connectivity index (χ2v) is 8.36. The zero-order chi connectivity index (χ0) is 14.9. The van der Waals surface area contributed by atoms with E-state index in [1.54, 1.807) is 17.4 Å². The van der Waals surface area contributed by atoms with E-state index in [1.165, 1.54) is 0 Å². The second-order valence-electron chi connectivity index (χ2n) is 6.10. The van der Waals surface area contributed by atoms with Gasteiger partial charge in [0, 0.05) is 30.8 Å². The maximum atomic E-state index is 12.1. The van der Waals surface area contributed by atoms with Gasteiger partial charge < -0.3 is 4.74 Å². The highest BCUT2D eigenvalue weighted by molar-refractivity contribution is 7.89. The van der Waals surface area contributed by atoms with E-state index in [2.05, 4.69) is 4.98 Å². The zero-order valence-electron chi connectivity index (χ0n) is 12.4. The van der Waals surface area contributed by atoms with Crippen molar-refractivity contribution < 1.29 is 13.2 Å². The molecule has 0 aromatic carbocycles. The summed E-state index contributed by atoms with van der Waals surface area (Å²) >= 11 is 0. The summed E-state index contributed by atoms with van der Waals surface area (Å²) in [5.74, 6) is 1.22. The van der Waals surface area contributed by atoms with Crippen molar-refractivity contribution in [3.05, 3.63) is 24.4 Å². The van der Waals surface area contributed by atoms with Crippen LogP contribution in [0.3, 0.4) is 0 Å². The van der Waals surface area contributed by atoms with Gasteiger partial charge in [-0.25, -0.2) is 17.7 Å². The molecule has 2 atom stereocenters. The Hall–Kier alpha value is -1.14. The molecule has 1 aliphatic carbocycles. The van der Waals surface area contributed by atoms with Gasteiger partial charge in [-0.3, -0.25) is 0 Å². The highest BCUT2D eigenvalue weighted by atomic mass is 32.2. The van der Waals surface area contributed by atoms with E-state index in [0.717, 1.165) is 19.3 Å². The molecule has 2 aliphatic rings. The Morgan fingerprint density at radius 3 is 3.05 bits per heavy atom. The van der Waals surface area contributed by atoms with E-state index in [0.29, 0.717) is 31.5 Å². The molecular formula is C15H22N2O3S. The van der Waals surface area contributed by atoms with Crippen molar-refractivity contribution >= 4 is 10.0 Å². The molecule has 5 nitrogen and oxygen atoms in total. The van der Waals surface area contributed by atoms with Crippen LogP contribution in [0.1, 0.15) is 26.2 Å². The van der Waals surface area contributed by atoms with Crippen molar-refractivity contribution in [3.63, 3.8) is 0 Å². The Morgan fingerprint density at radius 1 is 1.48 bits per heavy atom. The van der Waals surface area contributed by atoms with Gasteiger partial charge in [0.2, 0.25) is 15.9 Å². The minimum Gasteiger partial charge on any atom is -0.477 e. The fourth-order valence-electron chi connectivity index (χ4n) is 3.65. The Morgan fingerprint density at radius 2 is 2.33 bits per heavy atom. The standard InChI is InChI=1S/C15H22N2O3S/c1-2-21(18,19)17-10-13-6-5-8-15(13,11-17)12-20-14-7-3-4-9-16-14/h3-4,7,9,13H,2,5-6,8,10-12H2,1H3/t13-,15+/m1/s1. The number of pyridine rings is 1. The molecule has 2 heterocycles. The average Bonchev–Trinajstić information content (AvgIpc) is 3.04. The first-order chi connectivity index (χ1) is 10.1. The summed E-state index contributed by atoms with van der Waals surface area (Å²) in [6, 6.07) is 5.60. The fourth-order valence-corrected chi connectivity index (χ4v) is 4.87. The summed E-state index contributed by atoms with van der Waals surface area (Å²) in [5, 5.41) is 0. The molecule has 1 saturated heterocycles. The minimum atomic E-state index is -3.10. The van der Waals surface area contributed by atoms with Crippen LogP contribution in [0.15, 0.2) is 24.4 Å². The number of rotatable bonds is 5. The Labute approximate surface area is 126 Å². The Balaban J connectivity index is 1.73. The Bertz CT molecular complexity index is 590. The van der Waals surface area contributed by atoms with Crippen LogP contribution in [0.2, 0.25) is 0 Å². The van der Waals surface area contributed by atoms with E-state index in [4.69, 9.17) is 4.74 Å². The van der Waals surface area contributed by atoms with Crippen LogP contribution >= 0.6 is 0 Å². The van der Waals surface area contributed by atoms with Gasteiger partial charge in [0.1, 0.15) is 0 Å². The zero-order valence-corrected chi connectivity index (χ0v) is 13.2. The Kier molecular flexibility index (Phi) is 3.92. The van der Waals surface area contributed by atoms with Gasteiger partial charge in [-0.15, -0.1) is 0 Å². The molecule has 3 rings (SSSR count). The largest absolute Gasteiger partial charge is 0.477 e. The van der Waals surface area contributed by atoms with Crippen LogP contribution < -0.4 is 4.74 Å². The quantitative estimate of drug-likeness (QED) is 0.833. The lowest BCUT2D eigenvalue weighted by Crippen LogP contribution is -2.36. The molecule has 0 bridgehead atoms. The molecule has 0 unspecified atom stereocenters. The van der Waals surface area contributed by atoms with Gasteiger partial charge in [0.15, 0.2) is 0 Å². The highest BCUT2D eigenvalue weighted by Gasteiger charge is 2.52. The molecule has 1 aliphatic heterocycles. The third kappa shape index (κ3) is 2.79. The van der Waals surface area contributed by atoms with Crippen molar-refractivity contribution in [2.24, 2.45) is 11.3 Å². The lowest BCUT2D eigenvalue weighted by atomic mass is 9.82. The van der Waals surface area contributed by atoms with Crippen molar-refractivity contribution in [2.75, 3.05) is 25.4 Å². The molecule has 0 radical (unpaired) electrons. The average molecular weight is 310 g/mol. The molecule has 2 fully saturated rings. The summed E-state index contributed by atoms with van der Waals surface area (Å²) in [6.45, 7) is 3.52.